The molecule has 0 fully saturated rings. The molecule has 1 aromatic carbocycles. The van der Waals surface area contributed by atoms with Crippen molar-refractivity contribution in [3.8, 4) is 5.75 Å². The lowest BCUT2D eigenvalue weighted by molar-refractivity contribution is 0.341. The van der Waals surface area contributed by atoms with Gasteiger partial charge in [-0.3, -0.25) is 0 Å². The summed E-state index contributed by atoms with van der Waals surface area (Å²) in [5.41, 5.74) is 2.65. The lowest BCUT2D eigenvalue weighted by Crippen LogP contribution is -2.06. The molecule has 0 spiro atoms. The van der Waals surface area contributed by atoms with E-state index in [1.807, 2.05) is 12.1 Å². The second-order valence-electron chi connectivity index (χ2n) is 3.73. The molecule has 0 bridgehead atoms. The first-order chi connectivity index (χ1) is 6.90. The SMILES string of the molecule is CCCCC1=Cc2ccccc2OC1. The zero-order valence-corrected chi connectivity index (χ0v) is 8.62. The first-order valence-electron chi connectivity index (χ1n) is 5.31. The standard InChI is InChI=1S/C13H16O/c1-2-3-6-11-9-12-7-4-5-8-13(12)14-10-11/h4-5,7-9H,2-3,6,10H2,1H3. The van der Waals surface area contributed by atoms with Crippen LogP contribution in [0.2, 0.25) is 0 Å². The van der Waals surface area contributed by atoms with Gasteiger partial charge in [0, 0.05) is 5.56 Å². The highest BCUT2D eigenvalue weighted by molar-refractivity contribution is 5.61. The number of ether oxygens (including phenoxy) is 1. The zero-order valence-electron chi connectivity index (χ0n) is 8.62. The highest BCUT2D eigenvalue weighted by atomic mass is 16.5. The molecule has 0 amide bonds. The van der Waals surface area contributed by atoms with E-state index in [4.69, 9.17) is 4.74 Å². The molecular formula is C13H16O. The number of fused-ring (bicyclic) bond motifs is 1. The maximum absolute atomic E-state index is 5.66. The van der Waals surface area contributed by atoms with Gasteiger partial charge in [-0.1, -0.05) is 31.5 Å². The van der Waals surface area contributed by atoms with Crippen LogP contribution in [0.3, 0.4) is 0 Å². The van der Waals surface area contributed by atoms with E-state index in [0.717, 1.165) is 12.4 Å². The Balaban J connectivity index is 2.14. The molecule has 0 saturated carbocycles. The van der Waals surface area contributed by atoms with E-state index in [0.29, 0.717) is 0 Å². The number of para-hydroxylation sites is 1. The second-order valence-corrected chi connectivity index (χ2v) is 3.73. The Morgan fingerprint density at radius 2 is 2.14 bits per heavy atom. The van der Waals surface area contributed by atoms with Crippen molar-refractivity contribution in [3.05, 3.63) is 35.4 Å². The van der Waals surface area contributed by atoms with Crippen molar-refractivity contribution in [2.24, 2.45) is 0 Å². The fourth-order valence-corrected chi connectivity index (χ4v) is 1.71. The van der Waals surface area contributed by atoms with Gasteiger partial charge < -0.3 is 4.74 Å². The third kappa shape index (κ3) is 1.98. The Kier molecular flexibility index (Phi) is 2.87. The van der Waals surface area contributed by atoms with Gasteiger partial charge in [0.1, 0.15) is 12.4 Å². The summed E-state index contributed by atoms with van der Waals surface area (Å²) in [5, 5.41) is 0. The first-order valence-corrected chi connectivity index (χ1v) is 5.31. The molecule has 1 aliphatic rings. The van der Waals surface area contributed by atoms with Crippen LogP contribution in [0.4, 0.5) is 0 Å². The summed E-state index contributed by atoms with van der Waals surface area (Å²) >= 11 is 0. The highest BCUT2D eigenvalue weighted by Crippen LogP contribution is 2.27. The number of rotatable bonds is 3. The van der Waals surface area contributed by atoms with E-state index >= 15 is 0 Å². The average Bonchev–Trinajstić information content (AvgIpc) is 2.26. The Hall–Kier alpha value is -1.24. The van der Waals surface area contributed by atoms with E-state index in [1.165, 1.54) is 30.4 Å². The Labute approximate surface area is 85.4 Å². The summed E-state index contributed by atoms with van der Waals surface area (Å²) in [6.45, 7) is 3.00. The summed E-state index contributed by atoms with van der Waals surface area (Å²) in [7, 11) is 0. The van der Waals surface area contributed by atoms with E-state index in [9.17, 15) is 0 Å². The van der Waals surface area contributed by atoms with Gasteiger partial charge in [0.05, 0.1) is 0 Å². The van der Waals surface area contributed by atoms with Gasteiger partial charge in [-0.2, -0.15) is 0 Å². The molecule has 0 unspecified atom stereocenters. The minimum Gasteiger partial charge on any atom is -0.489 e. The fourth-order valence-electron chi connectivity index (χ4n) is 1.71. The van der Waals surface area contributed by atoms with Gasteiger partial charge in [0.15, 0.2) is 0 Å². The maximum Gasteiger partial charge on any atom is 0.127 e. The van der Waals surface area contributed by atoms with Gasteiger partial charge in [0.2, 0.25) is 0 Å². The normalized spacial score (nSPS) is 14.2. The highest BCUT2D eigenvalue weighted by Gasteiger charge is 2.09. The maximum atomic E-state index is 5.66. The average molecular weight is 188 g/mol. The molecule has 1 nitrogen and oxygen atoms in total. The van der Waals surface area contributed by atoms with Crippen LogP contribution < -0.4 is 4.74 Å². The summed E-state index contributed by atoms with van der Waals surface area (Å²) in [4.78, 5) is 0. The monoisotopic (exact) mass is 188 g/mol. The third-order valence-corrected chi connectivity index (χ3v) is 2.54. The van der Waals surface area contributed by atoms with Crippen molar-refractivity contribution < 1.29 is 4.74 Å². The van der Waals surface area contributed by atoms with Crippen LogP contribution in [0.1, 0.15) is 31.7 Å². The molecule has 1 heterocycles. The largest absolute Gasteiger partial charge is 0.489 e. The summed E-state index contributed by atoms with van der Waals surface area (Å²) in [5.74, 6) is 1.02. The van der Waals surface area contributed by atoms with E-state index < -0.39 is 0 Å². The van der Waals surface area contributed by atoms with Crippen molar-refractivity contribution in [2.45, 2.75) is 26.2 Å². The molecule has 0 saturated heterocycles. The number of benzene rings is 1. The van der Waals surface area contributed by atoms with E-state index in [2.05, 4.69) is 25.1 Å². The van der Waals surface area contributed by atoms with Crippen molar-refractivity contribution in [1.29, 1.82) is 0 Å². The van der Waals surface area contributed by atoms with Gasteiger partial charge in [0.25, 0.3) is 0 Å². The van der Waals surface area contributed by atoms with Crippen LogP contribution in [0.5, 0.6) is 5.75 Å². The molecule has 0 N–H and O–H groups in total. The molecule has 74 valence electrons. The van der Waals surface area contributed by atoms with E-state index in [-0.39, 0.29) is 0 Å². The lowest BCUT2D eigenvalue weighted by Gasteiger charge is -2.17. The van der Waals surface area contributed by atoms with Gasteiger partial charge in [-0.15, -0.1) is 0 Å². The summed E-state index contributed by atoms with van der Waals surface area (Å²) in [6, 6.07) is 8.22. The van der Waals surface area contributed by atoms with E-state index in [1.54, 1.807) is 0 Å². The molecule has 14 heavy (non-hydrogen) atoms. The topological polar surface area (TPSA) is 9.23 Å². The molecule has 0 atom stereocenters. The molecule has 2 rings (SSSR count). The van der Waals surface area contributed by atoms with Crippen LogP contribution in [0, 0.1) is 0 Å². The van der Waals surface area contributed by atoms with Gasteiger partial charge >= 0.3 is 0 Å². The van der Waals surface area contributed by atoms with Gasteiger partial charge in [-0.05, 0) is 30.6 Å². The number of unbranched alkanes of at least 4 members (excludes halogenated alkanes) is 1. The van der Waals surface area contributed by atoms with Crippen molar-refractivity contribution in [1.82, 2.24) is 0 Å². The minimum atomic E-state index is 0.775. The molecular weight excluding hydrogens is 172 g/mol. The third-order valence-electron chi connectivity index (χ3n) is 2.54. The molecule has 0 radical (unpaired) electrons. The Morgan fingerprint density at radius 3 is 3.00 bits per heavy atom. The molecule has 1 heteroatoms. The second kappa shape index (κ2) is 4.32. The van der Waals surface area contributed by atoms with Crippen molar-refractivity contribution in [3.63, 3.8) is 0 Å². The number of hydrogen-bond acceptors (Lipinski definition) is 1. The van der Waals surface area contributed by atoms with Crippen molar-refractivity contribution >= 4 is 6.08 Å². The smallest absolute Gasteiger partial charge is 0.127 e. The molecule has 1 aromatic rings. The van der Waals surface area contributed by atoms with Crippen LogP contribution in [-0.2, 0) is 0 Å². The molecule has 0 aromatic heterocycles. The predicted molar refractivity (Wildman–Crippen MR) is 59.4 cm³/mol. The summed E-state index contributed by atoms with van der Waals surface area (Å²) in [6.07, 6.45) is 5.95. The quantitative estimate of drug-likeness (QED) is 0.703. The predicted octanol–water partition coefficient (Wildman–Crippen LogP) is 3.65. The number of hydrogen-bond donors (Lipinski definition) is 0. The molecule has 1 aliphatic heterocycles. The van der Waals surface area contributed by atoms with Crippen LogP contribution in [0.25, 0.3) is 6.08 Å². The van der Waals surface area contributed by atoms with Crippen LogP contribution >= 0.6 is 0 Å². The minimum absolute atomic E-state index is 0.775. The zero-order chi connectivity index (χ0) is 9.80. The van der Waals surface area contributed by atoms with Crippen molar-refractivity contribution in [2.75, 3.05) is 6.61 Å². The van der Waals surface area contributed by atoms with Gasteiger partial charge in [-0.25, -0.2) is 0 Å². The Morgan fingerprint density at radius 1 is 1.29 bits per heavy atom. The van der Waals surface area contributed by atoms with Crippen LogP contribution in [-0.4, -0.2) is 6.61 Å². The fraction of sp³-hybridized carbons (Fsp3) is 0.385. The first kappa shape index (κ1) is 9.32. The summed E-state index contributed by atoms with van der Waals surface area (Å²) < 4.78 is 5.66. The Bertz CT molecular complexity index is 339. The lowest BCUT2D eigenvalue weighted by atomic mass is 10.0. The molecule has 0 aliphatic carbocycles. The van der Waals surface area contributed by atoms with Crippen LogP contribution in [0.15, 0.2) is 29.8 Å².